The average molecular weight is 314 g/mol. The average Bonchev–Trinajstić information content (AvgIpc) is 3.06. The number of para-hydroxylation sites is 3. The number of imidazole rings is 1. The summed E-state index contributed by atoms with van der Waals surface area (Å²) >= 11 is 0. The molecule has 0 saturated heterocycles. The molecule has 3 aromatic carbocycles. The number of ether oxygens (including phenoxy) is 1. The van der Waals surface area contributed by atoms with Gasteiger partial charge in [-0.2, -0.15) is 0 Å². The maximum absolute atomic E-state index is 5.81. The number of aromatic amines is 1. The van der Waals surface area contributed by atoms with Crippen LogP contribution < -0.4 is 4.74 Å². The number of rotatable bonds is 4. The van der Waals surface area contributed by atoms with Crippen LogP contribution >= 0.6 is 0 Å². The summed E-state index contributed by atoms with van der Waals surface area (Å²) in [7, 11) is 0. The van der Waals surface area contributed by atoms with E-state index in [1.807, 2.05) is 61.5 Å². The molecule has 0 radical (unpaired) electrons. The summed E-state index contributed by atoms with van der Waals surface area (Å²) in [6.45, 7) is 2.64. The molecule has 0 bridgehead atoms. The fraction of sp³-hybridized carbons (Fsp3) is 0.0952. The van der Waals surface area contributed by atoms with E-state index in [4.69, 9.17) is 9.72 Å². The minimum atomic E-state index is 0.643. The quantitative estimate of drug-likeness (QED) is 0.555. The first-order chi connectivity index (χ1) is 11.9. The van der Waals surface area contributed by atoms with Gasteiger partial charge in [0.1, 0.15) is 11.6 Å². The predicted octanol–water partition coefficient (Wildman–Crippen LogP) is 5.30. The molecule has 0 atom stereocenters. The van der Waals surface area contributed by atoms with Crippen LogP contribution in [0.1, 0.15) is 6.92 Å². The van der Waals surface area contributed by atoms with Gasteiger partial charge in [0.05, 0.1) is 17.6 Å². The van der Waals surface area contributed by atoms with Crippen molar-refractivity contribution in [3.05, 3.63) is 72.8 Å². The molecule has 0 aliphatic heterocycles. The molecule has 0 fully saturated rings. The van der Waals surface area contributed by atoms with Crippen LogP contribution in [0.4, 0.5) is 0 Å². The van der Waals surface area contributed by atoms with Crippen LogP contribution in [0.2, 0.25) is 0 Å². The van der Waals surface area contributed by atoms with Crippen molar-refractivity contribution in [3.63, 3.8) is 0 Å². The lowest BCUT2D eigenvalue weighted by Crippen LogP contribution is -1.95. The van der Waals surface area contributed by atoms with Crippen molar-refractivity contribution in [1.29, 1.82) is 0 Å². The molecule has 1 N–H and O–H groups in total. The summed E-state index contributed by atoms with van der Waals surface area (Å²) < 4.78 is 5.81. The monoisotopic (exact) mass is 314 g/mol. The van der Waals surface area contributed by atoms with E-state index in [9.17, 15) is 0 Å². The summed E-state index contributed by atoms with van der Waals surface area (Å²) in [4.78, 5) is 8.17. The molecule has 118 valence electrons. The fourth-order valence-corrected chi connectivity index (χ4v) is 2.98. The van der Waals surface area contributed by atoms with Gasteiger partial charge < -0.3 is 9.72 Å². The Hall–Kier alpha value is -3.07. The number of hydrogen-bond donors (Lipinski definition) is 1. The van der Waals surface area contributed by atoms with E-state index in [0.29, 0.717) is 6.61 Å². The second-order valence-electron chi connectivity index (χ2n) is 5.58. The standard InChI is InChI=1S/C21H18N2O/c1-2-24-20-14-8-5-10-16(20)15-9-3-4-11-17(15)21-22-18-12-6-7-13-19(18)23-21/h3-14H,2H2,1H3,(H,22,23). The second-order valence-corrected chi connectivity index (χ2v) is 5.58. The summed E-state index contributed by atoms with van der Waals surface area (Å²) in [5.74, 6) is 1.77. The third-order valence-corrected chi connectivity index (χ3v) is 4.05. The van der Waals surface area contributed by atoms with Crippen molar-refractivity contribution in [2.45, 2.75) is 6.92 Å². The molecular formula is C21H18N2O. The van der Waals surface area contributed by atoms with E-state index in [-0.39, 0.29) is 0 Å². The van der Waals surface area contributed by atoms with E-state index in [0.717, 1.165) is 39.3 Å². The molecule has 3 heteroatoms. The molecule has 0 amide bonds. The van der Waals surface area contributed by atoms with Crippen molar-refractivity contribution in [2.75, 3.05) is 6.61 Å². The van der Waals surface area contributed by atoms with E-state index in [1.165, 1.54) is 0 Å². The Balaban J connectivity index is 1.90. The molecule has 0 saturated carbocycles. The highest BCUT2D eigenvalue weighted by molar-refractivity contribution is 5.87. The maximum atomic E-state index is 5.81. The maximum Gasteiger partial charge on any atom is 0.139 e. The Bertz CT molecular complexity index is 955. The number of H-pyrrole nitrogens is 1. The molecule has 1 aromatic heterocycles. The molecule has 4 rings (SSSR count). The van der Waals surface area contributed by atoms with Gasteiger partial charge in [-0.3, -0.25) is 0 Å². The number of benzene rings is 3. The molecule has 1 heterocycles. The topological polar surface area (TPSA) is 37.9 Å². The van der Waals surface area contributed by atoms with Gasteiger partial charge in [0.2, 0.25) is 0 Å². The van der Waals surface area contributed by atoms with E-state index < -0.39 is 0 Å². The van der Waals surface area contributed by atoms with Gasteiger partial charge in [-0.1, -0.05) is 54.6 Å². The van der Waals surface area contributed by atoms with Crippen molar-refractivity contribution >= 4 is 11.0 Å². The Labute approximate surface area is 140 Å². The Morgan fingerprint density at radius 3 is 2.25 bits per heavy atom. The number of aromatic nitrogens is 2. The van der Waals surface area contributed by atoms with Crippen LogP contribution in [-0.4, -0.2) is 16.6 Å². The van der Waals surface area contributed by atoms with Gasteiger partial charge in [0, 0.05) is 11.1 Å². The molecular weight excluding hydrogens is 296 g/mol. The molecule has 24 heavy (non-hydrogen) atoms. The van der Waals surface area contributed by atoms with Crippen LogP contribution in [-0.2, 0) is 0 Å². The van der Waals surface area contributed by atoms with E-state index in [1.54, 1.807) is 0 Å². The number of hydrogen-bond acceptors (Lipinski definition) is 2. The molecule has 0 aliphatic rings. The fourth-order valence-electron chi connectivity index (χ4n) is 2.98. The lowest BCUT2D eigenvalue weighted by Gasteiger charge is -2.13. The summed E-state index contributed by atoms with van der Waals surface area (Å²) in [6, 6.07) is 24.5. The van der Waals surface area contributed by atoms with Crippen LogP contribution in [0.15, 0.2) is 72.8 Å². The number of nitrogens with one attached hydrogen (secondary N) is 1. The highest BCUT2D eigenvalue weighted by Crippen LogP contribution is 2.36. The van der Waals surface area contributed by atoms with Gasteiger partial charge in [-0.05, 0) is 30.7 Å². The van der Waals surface area contributed by atoms with Crippen LogP contribution in [0.3, 0.4) is 0 Å². The Kier molecular flexibility index (Phi) is 3.75. The molecule has 0 aliphatic carbocycles. The van der Waals surface area contributed by atoms with Crippen molar-refractivity contribution < 1.29 is 4.74 Å². The molecule has 0 unspecified atom stereocenters. The first-order valence-electron chi connectivity index (χ1n) is 8.13. The smallest absolute Gasteiger partial charge is 0.139 e. The van der Waals surface area contributed by atoms with Crippen LogP contribution in [0, 0.1) is 0 Å². The van der Waals surface area contributed by atoms with Crippen molar-refractivity contribution in [3.8, 4) is 28.3 Å². The lowest BCUT2D eigenvalue weighted by molar-refractivity contribution is 0.341. The number of fused-ring (bicyclic) bond motifs is 1. The molecule has 3 nitrogen and oxygen atoms in total. The van der Waals surface area contributed by atoms with Gasteiger partial charge in [-0.25, -0.2) is 4.98 Å². The normalized spacial score (nSPS) is 10.9. The third kappa shape index (κ3) is 2.54. The van der Waals surface area contributed by atoms with Crippen molar-refractivity contribution in [2.24, 2.45) is 0 Å². The SMILES string of the molecule is CCOc1ccccc1-c1ccccc1-c1nc2ccccc2[nH]1. The highest BCUT2D eigenvalue weighted by atomic mass is 16.5. The lowest BCUT2D eigenvalue weighted by atomic mass is 9.98. The first kappa shape index (κ1) is 14.5. The van der Waals surface area contributed by atoms with Gasteiger partial charge >= 0.3 is 0 Å². The third-order valence-electron chi connectivity index (χ3n) is 4.05. The van der Waals surface area contributed by atoms with Crippen LogP contribution in [0.5, 0.6) is 5.75 Å². The minimum Gasteiger partial charge on any atom is -0.493 e. The summed E-state index contributed by atoms with van der Waals surface area (Å²) in [5.41, 5.74) is 5.28. The minimum absolute atomic E-state index is 0.643. The molecule has 0 spiro atoms. The summed E-state index contributed by atoms with van der Waals surface area (Å²) in [6.07, 6.45) is 0. The predicted molar refractivity (Wildman–Crippen MR) is 98.1 cm³/mol. The largest absolute Gasteiger partial charge is 0.493 e. The zero-order chi connectivity index (χ0) is 16.4. The number of nitrogens with zero attached hydrogens (tertiary/aromatic N) is 1. The van der Waals surface area contributed by atoms with Gasteiger partial charge in [0.25, 0.3) is 0 Å². The second kappa shape index (κ2) is 6.20. The Morgan fingerprint density at radius 1 is 0.792 bits per heavy atom. The Morgan fingerprint density at radius 2 is 1.46 bits per heavy atom. The van der Waals surface area contributed by atoms with E-state index >= 15 is 0 Å². The molecule has 4 aromatic rings. The zero-order valence-electron chi connectivity index (χ0n) is 13.5. The zero-order valence-corrected chi connectivity index (χ0v) is 13.5. The van der Waals surface area contributed by atoms with Gasteiger partial charge in [-0.15, -0.1) is 0 Å². The van der Waals surface area contributed by atoms with Crippen LogP contribution in [0.25, 0.3) is 33.5 Å². The summed E-state index contributed by atoms with van der Waals surface area (Å²) in [5, 5.41) is 0. The van der Waals surface area contributed by atoms with Gasteiger partial charge in [0.15, 0.2) is 0 Å². The van der Waals surface area contributed by atoms with E-state index in [2.05, 4.69) is 23.2 Å². The van der Waals surface area contributed by atoms with Crippen molar-refractivity contribution in [1.82, 2.24) is 9.97 Å². The highest BCUT2D eigenvalue weighted by Gasteiger charge is 2.13. The first-order valence-corrected chi connectivity index (χ1v) is 8.13.